The summed E-state index contributed by atoms with van der Waals surface area (Å²) in [4.78, 5) is 5.61. The lowest BCUT2D eigenvalue weighted by Gasteiger charge is -2.14. The molecular weight excluding hydrogens is 296 g/mol. The molecule has 0 amide bonds. The molecule has 0 radical (unpaired) electrons. The Morgan fingerprint density at radius 3 is 2.94 bits per heavy atom. The number of pyridine rings is 1. The number of rotatable bonds is 2. The lowest BCUT2D eigenvalue weighted by molar-refractivity contribution is 0.898. The first-order chi connectivity index (χ1) is 8.33. The third kappa shape index (κ3) is 2.33. The molecule has 0 saturated carbocycles. The average Bonchev–Trinajstić information content (AvgIpc) is 2.76. The Labute approximate surface area is 113 Å². The molecule has 0 spiro atoms. The van der Waals surface area contributed by atoms with Crippen molar-refractivity contribution >= 4 is 33.4 Å². The maximum Gasteiger partial charge on any atom is 0.106 e. The Morgan fingerprint density at radius 2 is 2.12 bits per heavy atom. The zero-order valence-electron chi connectivity index (χ0n) is 9.06. The standard InChI is InChI=1S/C13H11BrN2S/c14-13-6-5-9(7-15-13)16-11-8-17-12-4-2-1-3-10(11)12/h1-7,11,16H,8H2. The Kier molecular flexibility index (Phi) is 3.07. The second kappa shape index (κ2) is 4.70. The lowest BCUT2D eigenvalue weighted by Crippen LogP contribution is -2.09. The molecule has 1 unspecified atom stereocenters. The van der Waals surface area contributed by atoms with Gasteiger partial charge >= 0.3 is 0 Å². The predicted molar refractivity (Wildman–Crippen MR) is 75.5 cm³/mol. The SMILES string of the molecule is Brc1ccc(NC2CSc3ccccc32)cn1. The van der Waals surface area contributed by atoms with Gasteiger partial charge in [-0.1, -0.05) is 18.2 Å². The van der Waals surface area contributed by atoms with E-state index in [1.165, 1.54) is 10.5 Å². The van der Waals surface area contributed by atoms with Gasteiger partial charge in [-0.05, 0) is 39.7 Å². The summed E-state index contributed by atoms with van der Waals surface area (Å²) >= 11 is 5.25. The van der Waals surface area contributed by atoms with E-state index in [2.05, 4.69) is 50.5 Å². The summed E-state index contributed by atoms with van der Waals surface area (Å²) in [6, 6.07) is 13.0. The van der Waals surface area contributed by atoms with Crippen molar-refractivity contribution in [2.45, 2.75) is 10.9 Å². The van der Waals surface area contributed by atoms with Crippen LogP contribution in [0.25, 0.3) is 0 Å². The first-order valence-electron chi connectivity index (χ1n) is 5.43. The molecule has 1 N–H and O–H groups in total. The summed E-state index contributed by atoms with van der Waals surface area (Å²) in [6.07, 6.45) is 1.86. The van der Waals surface area contributed by atoms with Crippen LogP contribution in [-0.4, -0.2) is 10.7 Å². The van der Waals surface area contributed by atoms with Crippen molar-refractivity contribution in [3.63, 3.8) is 0 Å². The smallest absolute Gasteiger partial charge is 0.106 e. The number of aromatic nitrogens is 1. The number of nitrogens with one attached hydrogen (secondary N) is 1. The first kappa shape index (κ1) is 11.1. The monoisotopic (exact) mass is 306 g/mol. The Bertz CT molecular complexity index is 527. The molecule has 17 heavy (non-hydrogen) atoms. The van der Waals surface area contributed by atoms with E-state index in [9.17, 15) is 0 Å². The summed E-state index contributed by atoms with van der Waals surface area (Å²) in [7, 11) is 0. The maximum absolute atomic E-state index is 4.22. The van der Waals surface area contributed by atoms with Crippen molar-refractivity contribution < 1.29 is 0 Å². The average molecular weight is 307 g/mol. The van der Waals surface area contributed by atoms with Crippen LogP contribution in [0.3, 0.4) is 0 Å². The van der Waals surface area contributed by atoms with Crippen LogP contribution in [0, 0.1) is 0 Å². The summed E-state index contributed by atoms with van der Waals surface area (Å²) < 4.78 is 0.865. The number of hydrogen-bond acceptors (Lipinski definition) is 3. The molecule has 0 bridgehead atoms. The van der Waals surface area contributed by atoms with Crippen molar-refractivity contribution in [2.75, 3.05) is 11.1 Å². The highest BCUT2D eigenvalue weighted by molar-refractivity contribution is 9.10. The number of benzene rings is 1. The van der Waals surface area contributed by atoms with Crippen LogP contribution in [0.4, 0.5) is 5.69 Å². The first-order valence-corrected chi connectivity index (χ1v) is 7.20. The van der Waals surface area contributed by atoms with E-state index in [4.69, 9.17) is 0 Å². The molecule has 0 fully saturated rings. The van der Waals surface area contributed by atoms with Gasteiger partial charge in [-0.15, -0.1) is 11.8 Å². The van der Waals surface area contributed by atoms with Crippen LogP contribution < -0.4 is 5.32 Å². The zero-order valence-corrected chi connectivity index (χ0v) is 11.5. The molecule has 1 aliphatic rings. The third-order valence-electron chi connectivity index (χ3n) is 2.77. The minimum atomic E-state index is 0.388. The molecule has 0 saturated heterocycles. The van der Waals surface area contributed by atoms with Gasteiger partial charge in [0.15, 0.2) is 0 Å². The predicted octanol–water partition coefficient (Wildman–Crippen LogP) is 4.10. The van der Waals surface area contributed by atoms with Gasteiger partial charge in [0, 0.05) is 10.6 Å². The second-order valence-corrected chi connectivity index (χ2v) is 5.79. The van der Waals surface area contributed by atoms with Crippen LogP contribution in [0.1, 0.15) is 11.6 Å². The van der Waals surface area contributed by atoms with Gasteiger partial charge in [-0.3, -0.25) is 0 Å². The molecule has 4 heteroatoms. The maximum atomic E-state index is 4.22. The molecule has 1 aromatic carbocycles. The zero-order chi connectivity index (χ0) is 11.7. The molecule has 0 aliphatic carbocycles. The highest BCUT2D eigenvalue weighted by Gasteiger charge is 2.22. The van der Waals surface area contributed by atoms with E-state index in [1.54, 1.807) is 0 Å². The lowest BCUT2D eigenvalue weighted by atomic mass is 10.1. The molecule has 1 atom stereocenters. The fraction of sp³-hybridized carbons (Fsp3) is 0.154. The topological polar surface area (TPSA) is 24.9 Å². The van der Waals surface area contributed by atoms with Gasteiger partial charge in [0.1, 0.15) is 4.60 Å². The highest BCUT2D eigenvalue weighted by Crippen LogP contribution is 2.39. The third-order valence-corrected chi connectivity index (χ3v) is 4.42. The van der Waals surface area contributed by atoms with Crippen LogP contribution in [-0.2, 0) is 0 Å². The molecule has 2 nitrogen and oxygen atoms in total. The number of halogens is 1. The molecule has 1 aromatic heterocycles. The molecule has 3 rings (SSSR count). The number of nitrogens with zero attached hydrogens (tertiary/aromatic N) is 1. The van der Waals surface area contributed by atoms with E-state index in [0.717, 1.165) is 16.0 Å². The summed E-state index contributed by atoms with van der Waals surface area (Å²) in [5, 5.41) is 3.52. The number of hydrogen-bond donors (Lipinski definition) is 1. The fourth-order valence-corrected chi connectivity index (χ4v) is 3.34. The van der Waals surface area contributed by atoms with Crippen LogP contribution >= 0.6 is 27.7 Å². The van der Waals surface area contributed by atoms with Gasteiger partial charge < -0.3 is 5.32 Å². The highest BCUT2D eigenvalue weighted by atomic mass is 79.9. The fourth-order valence-electron chi connectivity index (χ4n) is 1.94. The van der Waals surface area contributed by atoms with Crippen molar-refractivity contribution in [1.82, 2.24) is 4.98 Å². The van der Waals surface area contributed by atoms with Crippen LogP contribution in [0.2, 0.25) is 0 Å². The van der Waals surface area contributed by atoms with Gasteiger partial charge in [0.05, 0.1) is 17.9 Å². The van der Waals surface area contributed by atoms with E-state index in [-0.39, 0.29) is 0 Å². The van der Waals surface area contributed by atoms with E-state index < -0.39 is 0 Å². The Morgan fingerprint density at radius 1 is 1.24 bits per heavy atom. The normalized spacial score (nSPS) is 17.8. The minimum Gasteiger partial charge on any atom is -0.376 e. The van der Waals surface area contributed by atoms with Crippen molar-refractivity contribution in [3.05, 3.63) is 52.8 Å². The van der Waals surface area contributed by atoms with Crippen molar-refractivity contribution in [1.29, 1.82) is 0 Å². The van der Waals surface area contributed by atoms with Crippen molar-refractivity contribution in [3.8, 4) is 0 Å². The summed E-state index contributed by atoms with van der Waals surface area (Å²) in [6.45, 7) is 0. The van der Waals surface area contributed by atoms with E-state index in [0.29, 0.717) is 6.04 Å². The largest absolute Gasteiger partial charge is 0.376 e. The molecule has 2 heterocycles. The van der Waals surface area contributed by atoms with Gasteiger partial charge in [-0.2, -0.15) is 0 Å². The van der Waals surface area contributed by atoms with Gasteiger partial charge in [0.25, 0.3) is 0 Å². The Hall–Kier alpha value is -1.00. The molecule has 2 aromatic rings. The number of thioether (sulfide) groups is 1. The quantitative estimate of drug-likeness (QED) is 0.845. The van der Waals surface area contributed by atoms with Gasteiger partial charge in [0.2, 0.25) is 0 Å². The second-order valence-electron chi connectivity index (χ2n) is 3.92. The van der Waals surface area contributed by atoms with Gasteiger partial charge in [-0.25, -0.2) is 4.98 Å². The minimum absolute atomic E-state index is 0.388. The summed E-state index contributed by atoms with van der Waals surface area (Å²) in [5.41, 5.74) is 2.45. The Balaban J connectivity index is 1.81. The molecule has 1 aliphatic heterocycles. The number of fused-ring (bicyclic) bond motifs is 1. The van der Waals surface area contributed by atoms with Crippen LogP contribution in [0.5, 0.6) is 0 Å². The van der Waals surface area contributed by atoms with Crippen LogP contribution in [0.15, 0.2) is 52.1 Å². The summed E-state index contributed by atoms with van der Waals surface area (Å²) in [5.74, 6) is 1.08. The van der Waals surface area contributed by atoms with Crippen molar-refractivity contribution in [2.24, 2.45) is 0 Å². The number of anilines is 1. The molecule has 86 valence electrons. The van der Waals surface area contributed by atoms with E-state index >= 15 is 0 Å². The van der Waals surface area contributed by atoms with E-state index in [1.807, 2.05) is 30.1 Å². The molecular formula is C13H11BrN2S.